The van der Waals surface area contributed by atoms with Crippen molar-refractivity contribution in [2.24, 2.45) is 5.10 Å². The minimum Gasteiger partial charge on any atom is -0.267 e. The Morgan fingerprint density at radius 1 is 1.35 bits per heavy atom. The number of carbonyl (C=O) groups excluding carboxylic acids is 1. The molecule has 1 amide bonds. The molecular weight excluding hydrogens is 301 g/mol. The molecule has 0 aliphatic carbocycles. The maximum absolute atomic E-state index is 13.4. The van der Waals surface area contributed by atoms with Gasteiger partial charge in [-0.15, -0.1) is 0 Å². The summed E-state index contributed by atoms with van der Waals surface area (Å²) in [6.45, 7) is 1.82. The van der Waals surface area contributed by atoms with E-state index in [1.807, 2.05) is 6.92 Å². The summed E-state index contributed by atoms with van der Waals surface area (Å²) < 4.78 is 13.4. The third kappa shape index (κ3) is 3.97. The lowest BCUT2D eigenvalue weighted by Gasteiger charge is -2.02. The van der Waals surface area contributed by atoms with Gasteiger partial charge in [0.15, 0.2) is 0 Å². The average molecular weight is 315 g/mol. The van der Waals surface area contributed by atoms with E-state index in [1.54, 1.807) is 12.1 Å². The third-order valence-corrected chi connectivity index (χ3v) is 3.19. The first-order valence-corrected chi connectivity index (χ1v) is 6.88. The molecule has 2 aromatic rings. The van der Waals surface area contributed by atoms with E-state index in [9.17, 15) is 19.3 Å². The molecule has 0 saturated heterocycles. The van der Waals surface area contributed by atoms with E-state index in [-0.39, 0.29) is 11.3 Å². The highest BCUT2D eigenvalue weighted by Crippen LogP contribution is 2.20. The lowest BCUT2D eigenvalue weighted by Crippen LogP contribution is -2.18. The zero-order chi connectivity index (χ0) is 16.8. The molecule has 0 fully saturated rings. The number of nitrogens with one attached hydrogen (secondary N) is 1. The fourth-order valence-corrected chi connectivity index (χ4v) is 2.00. The second kappa shape index (κ2) is 7.26. The van der Waals surface area contributed by atoms with Gasteiger partial charge in [-0.3, -0.25) is 14.9 Å². The zero-order valence-electron chi connectivity index (χ0n) is 12.3. The van der Waals surface area contributed by atoms with Crippen molar-refractivity contribution in [1.29, 1.82) is 0 Å². The number of hydrazone groups is 1. The highest BCUT2D eigenvalue weighted by molar-refractivity contribution is 5.95. The Bertz CT molecular complexity index is 775. The first kappa shape index (κ1) is 16.3. The molecule has 0 aliphatic heterocycles. The molecule has 0 aliphatic rings. The summed E-state index contributed by atoms with van der Waals surface area (Å²) in [4.78, 5) is 22.3. The maximum atomic E-state index is 13.4. The SMILES string of the molecule is CCc1ccc(/C=N\NC(=O)c2ccccc2F)cc1[N+](=O)[O-]. The molecule has 0 aromatic heterocycles. The summed E-state index contributed by atoms with van der Waals surface area (Å²) in [6, 6.07) is 10.2. The number of benzene rings is 2. The summed E-state index contributed by atoms with van der Waals surface area (Å²) in [7, 11) is 0. The Morgan fingerprint density at radius 3 is 2.74 bits per heavy atom. The molecule has 0 bridgehead atoms. The second-order valence-corrected chi connectivity index (χ2v) is 4.68. The van der Waals surface area contributed by atoms with Crippen molar-refractivity contribution >= 4 is 17.8 Å². The quantitative estimate of drug-likeness (QED) is 0.523. The minimum absolute atomic E-state index is 0.00289. The van der Waals surface area contributed by atoms with Crippen LogP contribution in [-0.2, 0) is 6.42 Å². The molecular formula is C16H14FN3O3. The van der Waals surface area contributed by atoms with E-state index in [2.05, 4.69) is 10.5 Å². The van der Waals surface area contributed by atoms with Crippen molar-refractivity contribution < 1.29 is 14.1 Å². The summed E-state index contributed by atoms with van der Waals surface area (Å²) in [5.41, 5.74) is 3.13. The van der Waals surface area contributed by atoms with Gasteiger partial charge in [0.05, 0.1) is 16.7 Å². The van der Waals surface area contributed by atoms with Crippen molar-refractivity contribution in [1.82, 2.24) is 5.43 Å². The van der Waals surface area contributed by atoms with Gasteiger partial charge in [0.1, 0.15) is 5.82 Å². The highest BCUT2D eigenvalue weighted by Gasteiger charge is 2.12. The zero-order valence-corrected chi connectivity index (χ0v) is 12.3. The summed E-state index contributed by atoms with van der Waals surface area (Å²) in [6.07, 6.45) is 1.81. The van der Waals surface area contributed by atoms with Crippen LogP contribution in [0.15, 0.2) is 47.6 Å². The van der Waals surface area contributed by atoms with Crippen molar-refractivity contribution in [3.05, 3.63) is 75.1 Å². The van der Waals surface area contributed by atoms with E-state index in [0.717, 1.165) is 0 Å². The van der Waals surface area contributed by atoms with Crippen LogP contribution in [0.1, 0.15) is 28.4 Å². The molecule has 0 atom stereocenters. The van der Waals surface area contributed by atoms with Crippen LogP contribution in [0.2, 0.25) is 0 Å². The van der Waals surface area contributed by atoms with Crippen LogP contribution in [0.3, 0.4) is 0 Å². The minimum atomic E-state index is -0.695. The van der Waals surface area contributed by atoms with Crippen LogP contribution in [0.5, 0.6) is 0 Å². The molecule has 2 rings (SSSR count). The molecule has 0 unspecified atom stereocenters. The first-order chi connectivity index (χ1) is 11.0. The number of amides is 1. The lowest BCUT2D eigenvalue weighted by atomic mass is 10.1. The fraction of sp³-hybridized carbons (Fsp3) is 0.125. The Balaban J connectivity index is 2.12. The van der Waals surface area contributed by atoms with Gasteiger partial charge in [0, 0.05) is 17.2 Å². The lowest BCUT2D eigenvalue weighted by molar-refractivity contribution is -0.385. The monoisotopic (exact) mass is 315 g/mol. The number of carbonyl (C=O) groups is 1. The summed E-state index contributed by atoms with van der Waals surface area (Å²) in [5, 5.41) is 14.7. The number of halogens is 1. The van der Waals surface area contributed by atoms with Crippen LogP contribution in [0.4, 0.5) is 10.1 Å². The van der Waals surface area contributed by atoms with Crippen LogP contribution in [0, 0.1) is 15.9 Å². The van der Waals surface area contributed by atoms with Gasteiger partial charge in [0.25, 0.3) is 11.6 Å². The molecule has 23 heavy (non-hydrogen) atoms. The number of hydrogen-bond acceptors (Lipinski definition) is 4. The van der Waals surface area contributed by atoms with E-state index < -0.39 is 16.6 Å². The molecule has 0 spiro atoms. The number of nitro benzene ring substituents is 1. The van der Waals surface area contributed by atoms with Crippen molar-refractivity contribution in [2.45, 2.75) is 13.3 Å². The second-order valence-electron chi connectivity index (χ2n) is 4.68. The van der Waals surface area contributed by atoms with Crippen LogP contribution >= 0.6 is 0 Å². The molecule has 0 radical (unpaired) electrons. The molecule has 0 heterocycles. The molecule has 6 nitrogen and oxygen atoms in total. The molecule has 1 N–H and O–H groups in total. The Labute approximate surface area is 131 Å². The molecule has 7 heteroatoms. The highest BCUT2D eigenvalue weighted by atomic mass is 19.1. The smallest absolute Gasteiger partial charge is 0.267 e. The predicted octanol–water partition coefficient (Wildman–Crippen LogP) is 3.06. The molecule has 118 valence electrons. The van der Waals surface area contributed by atoms with Crippen LogP contribution in [-0.4, -0.2) is 17.0 Å². The average Bonchev–Trinajstić information content (AvgIpc) is 2.55. The molecule has 2 aromatic carbocycles. The first-order valence-electron chi connectivity index (χ1n) is 6.88. The number of hydrogen-bond donors (Lipinski definition) is 1. The van der Waals surface area contributed by atoms with Gasteiger partial charge in [-0.05, 0) is 18.6 Å². The number of rotatable bonds is 5. The van der Waals surface area contributed by atoms with Crippen molar-refractivity contribution in [3.63, 3.8) is 0 Å². The molecule has 0 saturated carbocycles. The van der Waals surface area contributed by atoms with E-state index in [4.69, 9.17) is 0 Å². The summed E-state index contributed by atoms with van der Waals surface area (Å²) >= 11 is 0. The number of aryl methyl sites for hydroxylation is 1. The van der Waals surface area contributed by atoms with Gasteiger partial charge in [-0.25, -0.2) is 9.82 Å². The van der Waals surface area contributed by atoms with Crippen molar-refractivity contribution in [3.8, 4) is 0 Å². The van der Waals surface area contributed by atoms with Gasteiger partial charge in [0.2, 0.25) is 0 Å². The van der Waals surface area contributed by atoms with Gasteiger partial charge in [-0.1, -0.05) is 31.2 Å². The predicted molar refractivity (Wildman–Crippen MR) is 83.9 cm³/mol. The Kier molecular flexibility index (Phi) is 5.14. The Morgan fingerprint density at radius 2 is 2.09 bits per heavy atom. The topological polar surface area (TPSA) is 84.6 Å². The summed E-state index contributed by atoms with van der Waals surface area (Å²) in [5.74, 6) is -1.35. The van der Waals surface area contributed by atoms with Crippen LogP contribution < -0.4 is 5.43 Å². The van der Waals surface area contributed by atoms with E-state index in [1.165, 1.54) is 36.5 Å². The number of nitro groups is 1. The van der Waals surface area contributed by atoms with Gasteiger partial charge < -0.3 is 0 Å². The third-order valence-electron chi connectivity index (χ3n) is 3.19. The van der Waals surface area contributed by atoms with Crippen LogP contribution in [0.25, 0.3) is 0 Å². The van der Waals surface area contributed by atoms with E-state index >= 15 is 0 Å². The fourth-order valence-electron chi connectivity index (χ4n) is 2.00. The van der Waals surface area contributed by atoms with E-state index in [0.29, 0.717) is 17.5 Å². The standard InChI is InChI=1S/C16H14FN3O3/c1-2-12-8-7-11(9-15(12)20(22)23)10-18-19-16(21)13-5-3-4-6-14(13)17/h3-10H,2H2,1H3,(H,19,21)/b18-10-. The normalized spacial score (nSPS) is 10.7. The number of nitrogens with zero attached hydrogens (tertiary/aromatic N) is 2. The van der Waals surface area contributed by atoms with Crippen molar-refractivity contribution in [2.75, 3.05) is 0 Å². The van der Waals surface area contributed by atoms with Gasteiger partial charge >= 0.3 is 0 Å². The maximum Gasteiger partial charge on any atom is 0.274 e. The van der Waals surface area contributed by atoms with Gasteiger partial charge in [-0.2, -0.15) is 5.10 Å². The Hall–Kier alpha value is -3.09. The largest absolute Gasteiger partial charge is 0.274 e.